The lowest BCUT2D eigenvalue weighted by molar-refractivity contribution is -0.384. The lowest BCUT2D eigenvalue weighted by Gasteiger charge is -2.36. The Balaban J connectivity index is 1.79. The van der Waals surface area contributed by atoms with Crippen LogP contribution in [0, 0.1) is 10.1 Å². The summed E-state index contributed by atoms with van der Waals surface area (Å²) in [6.07, 6.45) is 2.85. The fourth-order valence-corrected chi connectivity index (χ4v) is 4.44. The molecule has 37 heavy (non-hydrogen) atoms. The molecule has 0 bridgehead atoms. The number of H-pyrrole nitrogens is 1. The van der Waals surface area contributed by atoms with Gasteiger partial charge in [-0.15, -0.1) is 0 Å². The van der Waals surface area contributed by atoms with Gasteiger partial charge in [0.2, 0.25) is 11.8 Å². The van der Waals surface area contributed by atoms with Crippen LogP contribution in [0.5, 0.6) is 5.75 Å². The summed E-state index contributed by atoms with van der Waals surface area (Å²) in [4.78, 5) is 57.5. The molecular weight excluding hydrogens is 482 g/mol. The highest BCUT2D eigenvalue weighted by Crippen LogP contribution is 2.40. The molecule has 2 heterocycles. The Kier molecular flexibility index (Phi) is 7.47. The number of amides is 2. The predicted octanol–water partition coefficient (Wildman–Crippen LogP) is 2.02. The van der Waals surface area contributed by atoms with Crippen molar-refractivity contribution in [3.63, 3.8) is 0 Å². The molecule has 3 N–H and O–H groups in total. The van der Waals surface area contributed by atoms with E-state index in [4.69, 9.17) is 4.74 Å². The van der Waals surface area contributed by atoms with Crippen LogP contribution in [0.25, 0.3) is 0 Å². The van der Waals surface area contributed by atoms with Gasteiger partial charge in [0.25, 0.3) is 5.69 Å². The van der Waals surface area contributed by atoms with Crippen molar-refractivity contribution in [2.45, 2.75) is 37.9 Å². The van der Waals surface area contributed by atoms with Gasteiger partial charge in [-0.1, -0.05) is 30.3 Å². The highest BCUT2D eigenvalue weighted by Gasteiger charge is 2.43. The van der Waals surface area contributed by atoms with E-state index in [0.29, 0.717) is 17.0 Å². The Hall–Kier alpha value is -4.74. The molecule has 192 valence electrons. The molecule has 2 aromatic carbocycles. The SMILES string of the molecule is CC(=O)NC(Cc1ccccc1)C(=O)N([C@@H]1COc2ccc([N+](=O)[O-])cc21)[C@@H](Cc1cnc[nH]1)C(=O)O. The van der Waals surface area contributed by atoms with Gasteiger partial charge < -0.3 is 25.0 Å². The zero-order valence-corrected chi connectivity index (χ0v) is 19.9. The first-order valence-electron chi connectivity index (χ1n) is 11.5. The van der Waals surface area contributed by atoms with Crippen molar-refractivity contribution in [3.05, 3.63) is 88.0 Å². The Morgan fingerprint density at radius 2 is 2.00 bits per heavy atom. The van der Waals surface area contributed by atoms with Crippen molar-refractivity contribution in [1.29, 1.82) is 0 Å². The summed E-state index contributed by atoms with van der Waals surface area (Å²) in [5.74, 6) is -2.09. The van der Waals surface area contributed by atoms with Crippen LogP contribution in [0.15, 0.2) is 61.1 Å². The van der Waals surface area contributed by atoms with Crippen LogP contribution in [0.2, 0.25) is 0 Å². The third-order valence-corrected chi connectivity index (χ3v) is 6.10. The number of benzene rings is 2. The largest absolute Gasteiger partial charge is 0.491 e. The molecule has 0 saturated carbocycles. The van der Waals surface area contributed by atoms with Crippen molar-refractivity contribution in [3.8, 4) is 5.75 Å². The molecule has 4 rings (SSSR count). The van der Waals surface area contributed by atoms with Gasteiger partial charge in [0.1, 0.15) is 24.4 Å². The van der Waals surface area contributed by atoms with Gasteiger partial charge in [-0.25, -0.2) is 9.78 Å². The number of aromatic nitrogens is 2. The Bertz CT molecular complexity index is 1300. The first kappa shape index (κ1) is 25.4. The maximum Gasteiger partial charge on any atom is 0.326 e. The highest BCUT2D eigenvalue weighted by atomic mass is 16.6. The number of imidazole rings is 1. The van der Waals surface area contributed by atoms with E-state index >= 15 is 0 Å². The summed E-state index contributed by atoms with van der Waals surface area (Å²) < 4.78 is 5.70. The third-order valence-electron chi connectivity index (χ3n) is 6.10. The molecule has 2 amide bonds. The van der Waals surface area contributed by atoms with Gasteiger partial charge in [-0.05, 0) is 11.6 Å². The quantitative estimate of drug-likeness (QED) is 0.277. The minimum absolute atomic E-state index is 0.104. The number of carboxylic acids is 1. The van der Waals surface area contributed by atoms with E-state index in [2.05, 4.69) is 15.3 Å². The Labute approximate surface area is 211 Å². The fraction of sp³-hybridized carbons (Fsp3) is 0.280. The zero-order valence-electron chi connectivity index (χ0n) is 19.9. The number of ether oxygens (including phenoxy) is 1. The smallest absolute Gasteiger partial charge is 0.326 e. The normalized spacial score (nSPS) is 15.6. The van der Waals surface area contributed by atoms with Gasteiger partial charge in [0.15, 0.2) is 0 Å². The monoisotopic (exact) mass is 507 g/mol. The first-order chi connectivity index (χ1) is 17.7. The number of non-ortho nitro benzene ring substituents is 1. The average Bonchev–Trinajstić information content (AvgIpc) is 3.53. The summed E-state index contributed by atoms with van der Waals surface area (Å²) in [6.45, 7) is 1.17. The molecule has 12 nitrogen and oxygen atoms in total. The highest BCUT2D eigenvalue weighted by molar-refractivity contribution is 5.91. The van der Waals surface area contributed by atoms with E-state index in [1.807, 2.05) is 6.07 Å². The van der Waals surface area contributed by atoms with Crippen molar-refractivity contribution in [2.24, 2.45) is 0 Å². The summed E-state index contributed by atoms with van der Waals surface area (Å²) in [7, 11) is 0. The van der Waals surface area contributed by atoms with Crippen LogP contribution in [-0.2, 0) is 27.2 Å². The number of nitro benzene ring substituents is 1. The molecule has 0 saturated heterocycles. The lowest BCUT2D eigenvalue weighted by atomic mass is 9.98. The third kappa shape index (κ3) is 5.74. The number of nitrogens with zero attached hydrogens (tertiary/aromatic N) is 3. The number of nitrogens with one attached hydrogen (secondary N) is 2. The van der Waals surface area contributed by atoms with Crippen molar-refractivity contribution in [2.75, 3.05) is 6.61 Å². The van der Waals surface area contributed by atoms with Gasteiger partial charge in [0.05, 0.1) is 17.3 Å². The number of carbonyl (C=O) groups excluding carboxylic acids is 2. The molecule has 0 radical (unpaired) electrons. The molecule has 12 heteroatoms. The fourth-order valence-electron chi connectivity index (χ4n) is 4.44. The second-order valence-electron chi connectivity index (χ2n) is 8.63. The Morgan fingerprint density at radius 3 is 2.62 bits per heavy atom. The maximum absolute atomic E-state index is 14.1. The van der Waals surface area contributed by atoms with Crippen LogP contribution >= 0.6 is 0 Å². The number of carbonyl (C=O) groups is 3. The molecule has 0 aliphatic carbocycles. The first-order valence-corrected chi connectivity index (χ1v) is 11.5. The molecule has 0 fully saturated rings. The van der Waals surface area contributed by atoms with E-state index in [1.165, 1.54) is 37.6 Å². The summed E-state index contributed by atoms with van der Waals surface area (Å²) >= 11 is 0. The van der Waals surface area contributed by atoms with Gasteiger partial charge in [0, 0.05) is 49.4 Å². The van der Waals surface area contributed by atoms with Gasteiger partial charge >= 0.3 is 5.97 Å². The van der Waals surface area contributed by atoms with E-state index in [-0.39, 0.29) is 25.1 Å². The molecule has 1 unspecified atom stereocenters. The second-order valence-corrected chi connectivity index (χ2v) is 8.63. The van der Waals surface area contributed by atoms with Crippen LogP contribution in [0.3, 0.4) is 0 Å². The topological polar surface area (TPSA) is 168 Å². The molecule has 3 atom stereocenters. The van der Waals surface area contributed by atoms with Crippen LogP contribution in [0.4, 0.5) is 5.69 Å². The number of nitro groups is 1. The number of aliphatic carboxylic acids is 1. The Morgan fingerprint density at radius 1 is 1.24 bits per heavy atom. The number of fused-ring (bicyclic) bond motifs is 1. The summed E-state index contributed by atoms with van der Waals surface area (Å²) in [5.41, 5.74) is 1.33. The summed E-state index contributed by atoms with van der Waals surface area (Å²) in [5, 5.41) is 24.3. The summed E-state index contributed by atoms with van der Waals surface area (Å²) in [6, 6.07) is 9.55. The number of hydrogen-bond donors (Lipinski definition) is 3. The van der Waals surface area contributed by atoms with Gasteiger partial charge in [-0.2, -0.15) is 0 Å². The predicted molar refractivity (Wildman–Crippen MR) is 130 cm³/mol. The van der Waals surface area contributed by atoms with Crippen molar-refractivity contribution >= 4 is 23.5 Å². The molecule has 3 aromatic rings. The minimum Gasteiger partial charge on any atom is -0.491 e. The van der Waals surface area contributed by atoms with E-state index in [1.54, 1.807) is 24.3 Å². The number of carboxylic acid groups (broad SMARTS) is 1. The molecule has 1 aliphatic rings. The van der Waals surface area contributed by atoms with Crippen molar-refractivity contribution < 1.29 is 29.2 Å². The van der Waals surface area contributed by atoms with Crippen molar-refractivity contribution in [1.82, 2.24) is 20.2 Å². The van der Waals surface area contributed by atoms with Gasteiger partial charge in [-0.3, -0.25) is 19.7 Å². The van der Waals surface area contributed by atoms with E-state index in [0.717, 1.165) is 10.5 Å². The number of aromatic amines is 1. The average molecular weight is 508 g/mol. The molecule has 0 spiro atoms. The van der Waals surface area contributed by atoms with E-state index < -0.39 is 40.8 Å². The molecular formula is C25H25N5O7. The minimum atomic E-state index is -1.39. The van der Waals surface area contributed by atoms with Crippen LogP contribution in [0.1, 0.15) is 29.8 Å². The maximum atomic E-state index is 14.1. The number of hydrogen-bond acceptors (Lipinski definition) is 7. The molecule has 1 aliphatic heterocycles. The lowest BCUT2D eigenvalue weighted by Crippen LogP contribution is -2.56. The molecule has 1 aromatic heterocycles. The zero-order chi connectivity index (χ0) is 26.5. The van der Waals surface area contributed by atoms with E-state index in [9.17, 15) is 29.6 Å². The standard InChI is InChI=1S/C25H25N5O7/c1-15(31)28-20(9-16-5-3-2-4-6-16)24(32)29(21(25(33)34)10-17-12-26-14-27-17)22-13-37-23-8-7-18(30(35)36)11-19(22)23/h2-8,11-12,14,20-22H,9-10,13H2,1H3,(H,26,27)(H,28,31)(H,33,34)/t20?,21-,22+/m0/s1. The second kappa shape index (κ2) is 10.9. The van der Waals surface area contributed by atoms with Crippen LogP contribution in [-0.4, -0.2) is 61.4 Å². The van der Waals surface area contributed by atoms with Crippen LogP contribution < -0.4 is 10.1 Å². The number of rotatable bonds is 10.